The van der Waals surface area contributed by atoms with Gasteiger partial charge in [-0.25, -0.2) is 0 Å². The first kappa shape index (κ1) is 14.0. The maximum Gasteiger partial charge on any atom is 0.124 e. The quantitative estimate of drug-likeness (QED) is 0.798. The van der Waals surface area contributed by atoms with Gasteiger partial charge in [0.05, 0.1) is 13.2 Å². The largest absolute Gasteiger partial charge is 0.496 e. The van der Waals surface area contributed by atoms with Gasteiger partial charge in [0, 0.05) is 5.56 Å². The van der Waals surface area contributed by atoms with Crippen molar-refractivity contribution in [2.75, 3.05) is 20.7 Å². The zero-order valence-electron chi connectivity index (χ0n) is 11.2. The highest BCUT2D eigenvalue weighted by atomic mass is 16.5. The van der Waals surface area contributed by atoms with Crippen LogP contribution in [0.5, 0.6) is 5.75 Å². The Hall–Kier alpha value is -1.06. The molecule has 0 aromatic heterocycles. The molecule has 0 aliphatic rings. The summed E-state index contributed by atoms with van der Waals surface area (Å²) in [5.41, 5.74) is 2.10. The van der Waals surface area contributed by atoms with Crippen molar-refractivity contribution in [3.05, 3.63) is 29.3 Å². The van der Waals surface area contributed by atoms with E-state index in [2.05, 4.69) is 25.2 Å². The Kier molecular flexibility index (Phi) is 5.45. The standard InChI is InChI=1S/C14H23NO2/c1-10(2)11-5-6-12(14(9-11)17-4)13(16)7-8-15-3/h5-6,9-10,13,15-16H,7-8H2,1-4H3. The number of ether oxygens (including phenoxy) is 1. The Morgan fingerprint density at radius 1 is 1.35 bits per heavy atom. The lowest BCUT2D eigenvalue weighted by Gasteiger charge is -2.17. The summed E-state index contributed by atoms with van der Waals surface area (Å²) in [4.78, 5) is 0. The molecule has 1 unspecified atom stereocenters. The van der Waals surface area contributed by atoms with Crippen LogP contribution in [0.3, 0.4) is 0 Å². The van der Waals surface area contributed by atoms with E-state index in [1.54, 1.807) is 7.11 Å². The smallest absolute Gasteiger partial charge is 0.124 e. The lowest BCUT2D eigenvalue weighted by Crippen LogP contribution is -2.12. The molecule has 17 heavy (non-hydrogen) atoms. The van der Waals surface area contributed by atoms with Gasteiger partial charge in [0.25, 0.3) is 0 Å². The molecule has 96 valence electrons. The number of methoxy groups -OCH3 is 1. The molecule has 0 radical (unpaired) electrons. The zero-order chi connectivity index (χ0) is 12.8. The maximum absolute atomic E-state index is 10.1. The molecular formula is C14H23NO2. The van der Waals surface area contributed by atoms with Crippen molar-refractivity contribution in [1.82, 2.24) is 5.32 Å². The zero-order valence-corrected chi connectivity index (χ0v) is 11.2. The number of benzene rings is 1. The minimum Gasteiger partial charge on any atom is -0.496 e. The Bertz CT molecular complexity index is 350. The van der Waals surface area contributed by atoms with Crippen molar-refractivity contribution in [2.45, 2.75) is 32.3 Å². The van der Waals surface area contributed by atoms with Crippen LogP contribution in [0.15, 0.2) is 18.2 Å². The number of aliphatic hydroxyl groups excluding tert-OH is 1. The minimum absolute atomic E-state index is 0.465. The first-order chi connectivity index (χ1) is 8.10. The third-order valence-corrected chi connectivity index (χ3v) is 2.95. The Morgan fingerprint density at radius 2 is 2.06 bits per heavy atom. The second-order valence-electron chi connectivity index (χ2n) is 4.56. The lowest BCUT2D eigenvalue weighted by atomic mass is 9.98. The van der Waals surface area contributed by atoms with Gasteiger partial charge < -0.3 is 15.2 Å². The van der Waals surface area contributed by atoms with E-state index < -0.39 is 6.10 Å². The molecule has 1 atom stereocenters. The van der Waals surface area contributed by atoms with Crippen LogP contribution in [0.4, 0.5) is 0 Å². The number of rotatable bonds is 6. The van der Waals surface area contributed by atoms with E-state index in [9.17, 15) is 5.11 Å². The van der Waals surface area contributed by atoms with E-state index in [1.165, 1.54) is 5.56 Å². The maximum atomic E-state index is 10.1. The predicted octanol–water partition coefficient (Wildman–Crippen LogP) is 2.46. The van der Waals surface area contributed by atoms with Crippen LogP contribution in [-0.4, -0.2) is 25.8 Å². The van der Waals surface area contributed by atoms with Gasteiger partial charge in [-0.15, -0.1) is 0 Å². The van der Waals surface area contributed by atoms with Gasteiger partial charge in [-0.05, 0) is 37.6 Å². The normalized spacial score (nSPS) is 12.8. The van der Waals surface area contributed by atoms with Crippen molar-refractivity contribution in [3.8, 4) is 5.75 Å². The molecule has 3 heteroatoms. The fourth-order valence-corrected chi connectivity index (χ4v) is 1.80. The summed E-state index contributed by atoms with van der Waals surface area (Å²) >= 11 is 0. The van der Waals surface area contributed by atoms with E-state index in [0.29, 0.717) is 12.3 Å². The fourth-order valence-electron chi connectivity index (χ4n) is 1.80. The van der Waals surface area contributed by atoms with Crippen LogP contribution in [-0.2, 0) is 0 Å². The number of hydrogen-bond acceptors (Lipinski definition) is 3. The van der Waals surface area contributed by atoms with Crippen LogP contribution < -0.4 is 10.1 Å². The van der Waals surface area contributed by atoms with Crippen molar-refractivity contribution in [1.29, 1.82) is 0 Å². The third-order valence-electron chi connectivity index (χ3n) is 2.95. The highest BCUT2D eigenvalue weighted by Gasteiger charge is 2.14. The number of aliphatic hydroxyl groups is 1. The SMILES string of the molecule is CNCCC(O)c1ccc(C(C)C)cc1OC. The molecule has 0 spiro atoms. The molecule has 1 aromatic rings. The van der Waals surface area contributed by atoms with Crippen LogP contribution in [0, 0.1) is 0 Å². The van der Waals surface area contributed by atoms with E-state index in [0.717, 1.165) is 17.9 Å². The fraction of sp³-hybridized carbons (Fsp3) is 0.571. The molecule has 2 N–H and O–H groups in total. The van der Waals surface area contributed by atoms with Crippen molar-refractivity contribution in [3.63, 3.8) is 0 Å². The molecule has 3 nitrogen and oxygen atoms in total. The summed E-state index contributed by atoms with van der Waals surface area (Å²) in [6.45, 7) is 5.08. The second kappa shape index (κ2) is 6.62. The minimum atomic E-state index is -0.474. The van der Waals surface area contributed by atoms with Crippen LogP contribution in [0.25, 0.3) is 0 Å². The van der Waals surface area contributed by atoms with Crippen LogP contribution in [0.2, 0.25) is 0 Å². The lowest BCUT2D eigenvalue weighted by molar-refractivity contribution is 0.163. The monoisotopic (exact) mass is 237 g/mol. The Morgan fingerprint density at radius 3 is 2.59 bits per heavy atom. The summed E-state index contributed by atoms with van der Waals surface area (Å²) in [5, 5.41) is 13.1. The van der Waals surface area contributed by atoms with E-state index in [1.807, 2.05) is 19.2 Å². The number of hydrogen-bond donors (Lipinski definition) is 2. The van der Waals surface area contributed by atoms with Crippen molar-refractivity contribution in [2.24, 2.45) is 0 Å². The molecule has 0 heterocycles. The van der Waals surface area contributed by atoms with Gasteiger partial charge in [-0.1, -0.05) is 26.0 Å². The highest BCUT2D eigenvalue weighted by Crippen LogP contribution is 2.30. The Labute approximate surface area is 104 Å². The molecule has 0 amide bonds. The van der Waals surface area contributed by atoms with Crippen molar-refractivity contribution >= 4 is 0 Å². The molecule has 1 rings (SSSR count). The number of nitrogens with one attached hydrogen (secondary N) is 1. The average Bonchev–Trinajstić information content (AvgIpc) is 2.34. The summed E-state index contributed by atoms with van der Waals surface area (Å²) in [6, 6.07) is 6.04. The first-order valence-electron chi connectivity index (χ1n) is 6.10. The summed E-state index contributed by atoms with van der Waals surface area (Å²) in [6.07, 6.45) is 0.215. The molecule has 0 aliphatic heterocycles. The molecule has 0 bridgehead atoms. The second-order valence-corrected chi connectivity index (χ2v) is 4.56. The van der Waals surface area contributed by atoms with E-state index in [4.69, 9.17) is 4.74 Å². The first-order valence-corrected chi connectivity index (χ1v) is 6.10. The summed E-state index contributed by atoms with van der Waals surface area (Å²) in [5.74, 6) is 1.24. The summed E-state index contributed by atoms with van der Waals surface area (Å²) < 4.78 is 5.36. The van der Waals surface area contributed by atoms with Gasteiger partial charge in [-0.2, -0.15) is 0 Å². The molecule has 0 fully saturated rings. The predicted molar refractivity (Wildman–Crippen MR) is 70.6 cm³/mol. The third kappa shape index (κ3) is 3.72. The van der Waals surface area contributed by atoms with Gasteiger partial charge in [-0.3, -0.25) is 0 Å². The van der Waals surface area contributed by atoms with E-state index >= 15 is 0 Å². The van der Waals surface area contributed by atoms with Gasteiger partial charge >= 0.3 is 0 Å². The molecule has 1 aromatic carbocycles. The highest BCUT2D eigenvalue weighted by molar-refractivity contribution is 5.40. The molecule has 0 aliphatic carbocycles. The van der Waals surface area contributed by atoms with Crippen molar-refractivity contribution < 1.29 is 9.84 Å². The average molecular weight is 237 g/mol. The Balaban J connectivity index is 2.91. The van der Waals surface area contributed by atoms with Crippen LogP contribution >= 0.6 is 0 Å². The molecule has 0 saturated heterocycles. The van der Waals surface area contributed by atoms with Crippen LogP contribution in [0.1, 0.15) is 43.4 Å². The van der Waals surface area contributed by atoms with E-state index in [-0.39, 0.29) is 0 Å². The van der Waals surface area contributed by atoms with Gasteiger partial charge in [0.1, 0.15) is 5.75 Å². The summed E-state index contributed by atoms with van der Waals surface area (Å²) in [7, 11) is 3.53. The van der Waals surface area contributed by atoms with Gasteiger partial charge in [0.2, 0.25) is 0 Å². The van der Waals surface area contributed by atoms with Gasteiger partial charge in [0.15, 0.2) is 0 Å². The molecule has 0 saturated carbocycles. The molecular weight excluding hydrogens is 214 g/mol. The topological polar surface area (TPSA) is 41.5 Å².